The quantitative estimate of drug-likeness (QED) is 0.320. The number of nitrogens with two attached hydrogens (primary N) is 1. The van der Waals surface area contributed by atoms with Crippen molar-refractivity contribution in [2.45, 2.75) is 70.8 Å². The van der Waals surface area contributed by atoms with Crippen LogP contribution in [-0.2, 0) is 9.53 Å². The van der Waals surface area contributed by atoms with Gasteiger partial charge in [0.1, 0.15) is 6.10 Å². The van der Waals surface area contributed by atoms with Gasteiger partial charge in [0.15, 0.2) is 6.29 Å². The van der Waals surface area contributed by atoms with E-state index in [2.05, 4.69) is 6.92 Å². The summed E-state index contributed by atoms with van der Waals surface area (Å²) in [6, 6.07) is -0.959. The standard InChI is InChI=1S/C12H25NO4/c1-3-4-5-6-7-8-10(14)17-9(2)11(13)12(15)16/h9,11-12,15-16H,3-8,13H2,1-2H3. The van der Waals surface area contributed by atoms with Gasteiger partial charge in [-0.2, -0.15) is 0 Å². The summed E-state index contributed by atoms with van der Waals surface area (Å²) in [7, 11) is 0. The molecule has 2 atom stereocenters. The van der Waals surface area contributed by atoms with Crippen LogP contribution in [-0.4, -0.2) is 34.6 Å². The minimum atomic E-state index is -1.66. The maximum Gasteiger partial charge on any atom is 0.306 e. The SMILES string of the molecule is CCCCCCCC(=O)OC(C)C(N)C(O)O. The Hall–Kier alpha value is -0.650. The van der Waals surface area contributed by atoms with Crippen LogP contribution in [0.2, 0.25) is 0 Å². The molecule has 0 heterocycles. The van der Waals surface area contributed by atoms with Crippen LogP contribution < -0.4 is 5.73 Å². The van der Waals surface area contributed by atoms with Gasteiger partial charge < -0.3 is 20.7 Å². The van der Waals surface area contributed by atoms with Crippen LogP contribution in [0.4, 0.5) is 0 Å². The Labute approximate surface area is 103 Å². The molecular weight excluding hydrogens is 222 g/mol. The lowest BCUT2D eigenvalue weighted by Gasteiger charge is -2.21. The van der Waals surface area contributed by atoms with E-state index in [0.717, 1.165) is 19.3 Å². The molecule has 0 rings (SSSR count). The third-order valence-corrected chi connectivity index (χ3v) is 2.69. The third-order valence-electron chi connectivity index (χ3n) is 2.69. The molecule has 0 aliphatic carbocycles. The van der Waals surface area contributed by atoms with Crippen LogP contribution >= 0.6 is 0 Å². The largest absolute Gasteiger partial charge is 0.461 e. The molecule has 0 amide bonds. The van der Waals surface area contributed by atoms with Crippen molar-refractivity contribution in [2.24, 2.45) is 5.73 Å². The van der Waals surface area contributed by atoms with E-state index in [9.17, 15) is 4.79 Å². The molecule has 5 heteroatoms. The predicted octanol–water partition coefficient (Wildman–Crippen LogP) is 0.917. The van der Waals surface area contributed by atoms with Crippen molar-refractivity contribution in [3.63, 3.8) is 0 Å². The maximum absolute atomic E-state index is 11.4. The van der Waals surface area contributed by atoms with Crippen molar-refractivity contribution in [1.29, 1.82) is 0 Å². The Morgan fingerprint density at radius 1 is 1.24 bits per heavy atom. The van der Waals surface area contributed by atoms with E-state index < -0.39 is 18.4 Å². The number of rotatable bonds is 9. The van der Waals surface area contributed by atoms with E-state index in [-0.39, 0.29) is 5.97 Å². The molecule has 0 aliphatic rings. The Kier molecular flexibility index (Phi) is 9.03. The first-order valence-electron chi connectivity index (χ1n) is 6.30. The molecule has 17 heavy (non-hydrogen) atoms. The van der Waals surface area contributed by atoms with Crippen LogP contribution in [0.25, 0.3) is 0 Å². The summed E-state index contributed by atoms with van der Waals surface area (Å²) < 4.78 is 5.00. The van der Waals surface area contributed by atoms with E-state index in [1.54, 1.807) is 6.92 Å². The highest BCUT2D eigenvalue weighted by molar-refractivity contribution is 5.69. The van der Waals surface area contributed by atoms with E-state index in [4.69, 9.17) is 20.7 Å². The Bertz CT molecular complexity index is 209. The zero-order chi connectivity index (χ0) is 13.3. The molecule has 5 nitrogen and oxygen atoms in total. The van der Waals surface area contributed by atoms with Crippen LogP contribution in [0.15, 0.2) is 0 Å². The summed E-state index contributed by atoms with van der Waals surface area (Å²) in [6.45, 7) is 3.69. The number of carbonyl (C=O) groups is 1. The lowest BCUT2D eigenvalue weighted by molar-refractivity contribution is -0.155. The fourth-order valence-electron chi connectivity index (χ4n) is 1.46. The molecular formula is C12H25NO4. The molecule has 0 aromatic carbocycles. The Balaban J connectivity index is 3.64. The molecule has 0 spiro atoms. The van der Waals surface area contributed by atoms with E-state index >= 15 is 0 Å². The molecule has 0 radical (unpaired) electrons. The van der Waals surface area contributed by atoms with Crippen molar-refractivity contribution in [2.75, 3.05) is 0 Å². The molecule has 102 valence electrons. The summed E-state index contributed by atoms with van der Waals surface area (Å²) in [5.41, 5.74) is 5.43. The molecule has 4 N–H and O–H groups in total. The highest BCUT2D eigenvalue weighted by Gasteiger charge is 2.22. The van der Waals surface area contributed by atoms with Gasteiger partial charge in [0.25, 0.3) is 0 Å². The summed E-state index contributed by atoms with van der Waals surface area (Å²) in [6.07, 6.45) is 3.34. The van der Waals surface area contributed by atoms with Gasteiger partial charge >= 0.3 is 5.97 Å². The number of unbranched alkanes of at least 4 members (excludes halogenated alkanes) is 4. The van der Waals surface area contributed by atoms with Gasteiger partial charge in [0.2, 0.25) is 0 Å². The predicted molar refractivity (Wildman–Crippen MR) is 65.1 cm³/mol. The van der Waals surface area contributed by atoms with Gasteiger partial charge in [-0.15, -0.1) is 0 Å². The van der Waals surface area contributed by atoms with Gasteiger partial charge in [-0.1, -0.05) is 32.6 Å². The summed E-state index contributed by atoms with van der Waals surface area (Å²) in [5.74, 6) is -0.329. The number of carbonyl (C=O) groups excluding carboxylic acids is 1. The molecule has 0 saturated carbocycles. The second-order valence-corrected chi connectivity index (χ2v) is 4.35. The smallest absolute Gasteiger partial charge is 0.306 e. The third kappa shape index (κ3) is 8.12. The first-order chi connectivity index (χ1) is 7.99. The van der Waals surface area contributed by atoms with Crippen LogP contribution in [0.1, 0.15) is 52.4 Å². The number of hydrogen-bond acceptors (Lipinski definition) is 5. The average Bonchev–Trinajstić information content (AvgIpc) is 2.27. The number of aliphatic hydroxyl groups excluding tert-OH is 1. The lowest BCUT2D eigenvalue weighted by Crippen LogP contribution is -2.45. The highest BCUT2D eigenvalue weighted by Crippen LogP contribution is 2.08. The average molecular weight is 247 g/mol. The number of aliphatic hydroxyl groups is 2. The van der Waals surface area contributed by atoms with Crippen LogP contribution in [0.5, 0.6) is 0 Å². The topological polar surface area (TPSA) is 92.8 Å². The first kappa shape index (κ1) is 16.4. The van der Waals surface area contributed by atoms with Gasteiger partial charge in [-0.25, -0.2) is 0 Å². The fraction of sp³-hybridized carbons (Fsp3) is 0.917. The van der Waals surface area contributed by atoms with E-state index in [1.165, 1.54) is 12.8 Å². The molecule has 0 bridgehead atoms. The van der Waals surface area contributed by atoms with E-state index in [1.807, 2.05) is 0 Å². The second-order valence-electron chi connectivity index (χ2n) is 4.35. The lowest BCUT2D eigenvalue weighted by atomic mass is 10.1. The van der Waals surface area contributed by atoms with Gasteiger partial charge in [-0.3, -0.25) is 4.79 Å². The normalized spacial score (nSPS) is 14.7. The minimum Gasteiger partial charge on any atom is -0.461 e. The second kappa shape index (κ2) is 9.39. The monoisotopic (exact) mass is 247 g/mol. The summed E-state index contributed by atoms with van der Waals surface area (Å²) >= 11 is 0. The van der Waals surface area contributed by atoms with E-state index in [0.29, 0.717) is 6.42 Å². The van der Waals surface area contributed by atoms with Crippen molar-refractivity contribution in [3.05, 3.63) is 0 Å². The van der Waals surface area contributed by atoms with Gasteiger partial charge in [0, 0.05) is 6.42 Å². The van der Waals surface area contributed by atoms with Crippen molar-refractivity contribution in [3.8, 4) is 0 Å². The van der Waals surface area contributed by atoms with Gasteiger partial charge in [0.05, 0.1) is 6.04 Å². The Morgan fingerprint density at radius 2 is 1.82 bits per heavy atom. The number of hydrogen-bond donors (Lipinski definition) is 3. The summed E-state index contributed by atoms with van der Waals surface area (Å²) in [5, 5.41) is 17.6. The zero-order valence-corrected chi connectivity index (χ0v) is 10.8. The summed E-state index contributed by atoms with van der Waals surface area (Å²) in [4.78, 5) is 11.4. The number of esters is 1. The van der Waals surface area contributed by atoms with Gasteiger partial charge in [-0.05, 0) is 13.3 Å². The van der Waals surface area contributed by atoms with Crippen LogP contribution in [0.3, 0.4) is 0 Å². The zero-order valence-electron chi connectivity index (χ0n) is 10.8. The Morgan fingerprint density at radius 3 is 2.35 bits per heavy atom. The molecule has 0 aromatic rings. The van der Waals surface area contributed by atoms with Crippen molar-refractivity contribution >= 4 is 5.97 Å². The fourth-order valence-corrected chi connectivity index (χ4v) is 1.46. The molecule has 0 aliphatic heterocycles. The van der Waals surface area contributed by atoms with Crippen molar-refractivity contribution < 1.29 is 19.7 Å². The first-order valence-corrected chi connectivity index (χ1v) is 6.30. The highest BCUT2D eigenvalue weighted by atomic mass is 16.5. The minimum absolute atomic E-state index is 0.329. The van der Waals surface area contributed by atoms with Crippen LogP contribution in [0, 0.1) is 0 Å². The maximum atomic E-state index is 11.4. The number of ether oxygens (including phenoxy) is 1. The molecule has 0 saturated heterocycles. The van der Waals surface area contributed by atoms with Crippen molar-refractivity contribution in [1.82, 2.24) is 0 Å². The molecule has 0 aromatic heterocycles. The molecule has 2 unspecified atom stereocenters. The molecule has 0 fully saturated rings.